The summed E-state index contributed by atoms with van der Waals surface area (Å²) in [7, 11) is 0. The summed E-state index contributed by atoms with van der Waals surface area (Å²) in [6.45, 7) is 3.19. The van der Waals surface area contributed by atoms with E-state index in [4.69, 9.17) is 5.11 Å². The number of unbranched alkanes of at least 4 members (excludes halogenated alkanes) is 5. The molecule has 21 heavy (non-hydrogen) atoms. The maximum absolute atomic E-state index is 11.0. The van der Waals surface area contributed by atoms with Crippen LogP contribution in [0.1, 0.15) is 73.7 Å². The first-order chi connectivity index (χ1) is 9.72. The molecule has 0 unspecified atom stereocenters. The number of carboxylic acid groups (broad SMARTS) is 1. The lowest BCUT2D eigenvalue weighted by molar-refractivity contribution is 0.0697. The van der Waals surface area contributed by atoms with Gasteiger partial charge in [-0.25, -0.2) is 4.79 Å². The van der Waals surface area contributed by atoms with Gasteiger partial charge in [0, 0.05) is 18.2 Å². The first-order valence-corrected chi connectivity index (χ1v) is 7.83. The molecule has 4 heteroatoms. The lowest BCUT2D eigenvalue weighted by atomic mass is 9.94. The van der Waals surface area contributed by atoms with E-state index < -0.39 is 5.97 Å². The number of hydrogen-bond donors (Lipinski definition) is 2. The topological polar surface area (TPSA) is 49.3 Å². The summed E-state index contributed by atoms with van der Waals surface area (Å²) in [5.74, 6) is -0.298. The summed E-state index contributed by atoms with van der Waals surface area (Å²) in [6.07, 6.45) is 9.15. The van der Waals surface area contributed by atoms with Crippen LogP contribution < -0.4 is 5.32 Å². The maximum atomic E-state index is 11.0. The fourth-order valence-electron chi connectivity index (χ4n) is 2.97. The Balaban J connectivity index is 0.00000220. The Bertz CT molecular complexity index is 462. The number of benzene rings is 1. The van der Waals surface area contributed by atoms with Gasteiger partial charge in [0.2, 0.25) is 0 Å². The van der Waals surface area contributed by atoms with Gasteiger partial charge in [-0.15, -0.1) is 12.4 Å². The summed E-state index contributed by atoms with van der Waals surface area (Å²) < 4.78 is 0. The zero-order valence-corrected chi connectivity index (χ0v) is 13.5. The van der Waals surface area contributed by atoms with Gasteiger partial charge >= 0.3 is 5.97 Å². The molecule has 1 heterocycles. The smallest absolute Gasteiger partial charge is 0.335 e. The average Bonchev–Trinajstić information content (AvgIpc) is 2.85. The third-order valence-corrected chi connectivity index (χ3v) is 4.19. The van der Waals surface area contributed by atoms with Crippen LogP contribution >= 0.6 is 12.4 Å². The van der Waals surface area contributed by atoms with Gasteiger partial charge in [-0.1, -0.05) is 51.5 Å². The van der Waals surface area contributed by atoms with E-state index in [1.54, 1.807) is 12.1 Å². The second kappa shape index (κ2) is 8.93. The molecule has 118 valence electrons. The van der Waals surface area contributed by atoms with Crippen LogP contribution in [0.3, 0.4) is 0 Å². The fourth-order valence-corrected chi connectivity index (χ4v) is 2.97. The Kier molecular flexibility index (Phi) is 7.58. The van der Waals surface area contributed by atoms with Crippen LogP contribution in [0.5, 0.6) is 0 Å². The van der Waals surface area contributed by atoms with Gasteiger partial charge in [0.1, 0.15) is 0 Å². The molecule has 3 nitrogen and oxygen atoms in total. The fraction of sp³-hybridized carbons (Fsp3) is 0.588. The van der Waals surface area contributed by atoms with Crippen molar-refractivity contribution in [2.75, 3.05) is 11.9 Å². The van der Waals surface area contributed by atoms with Gasteiger partial charge in [-0.05, 0) is 24.1 Å². The van der Waals surface area contributed by atoms with Crippen molar-refractivity contribution in [3.05, 3.63) is 29.3 Å². The van der Waals surface area contributed by atoms with Gasteiger partial charge in [0.25, 0.3) is 0 Å². The maximum Gasteiger partial charge on any atom is 0.335 e. The van der Waals surface area contributed by atoms with E-state index in [0.717, 1.165) is 12.2 Å². The van der Waals surface area contributed by atoms with Crippen molar-refractivity contribution in [2.24, 2.45) is 0 Å². The lowest BCUT2D eigenvalue weighted by Crippen LogP contribution is -2.01. The van der Waals surface area contributed by atoms with Crippen molar-refractivity contribution >= 4 is 24.1 Å². The van der Waals surface area contributed by atoms with Crippen molar-refractivity contribution in [3.63, 3.8) is 0 Å². The summed E-state index contributed by atoms with van der Waals surface area (Å²) in [5, 5.41) is 12.3. The third kappa shape index (κ3) is 4.92. The Hall–Kier alpha value is -1.22. The second-order valence-electron chi connectivity index (χ2n) is 5.74. The van der Waals surface area contributed by atoms with Crippen LogP contribution in [0.15, 0.2) is 18.2 Å². The van der Waals surface area contributed by atoms with E-state index in [2.05, 4.69) is 12.2 Å². The highest BCUT2D eigenvalue weighted by Crippen LogP contribution is 2.35. The van der Waals surface area contributed by atoms with Crippen LogP contribution in [-0.2, 0) is 0 Å². The molecule has 1 aliphatic heterocycles. The summed E-state index contributed by atoms with van der Waals surface area (Å²) in [5.41, 5.74) is 2.68. The number of nitrogens with one attached hydrogen (secondary N) is 1. The number of carbonyl (C=O) groups is 1. The highest BCUT2D eigenvalue weighted by atomic mass is 35.5. The third-order valence-electron chi connectivity index (χ3n) is 4.19. The zero-order valence-electron chi connectivity index (χ0n) is 12.7. The molecule has 2 N–H and O–H groups in total. The van der Waals surface area contributed by atoms with Crippen LogP contribution in [0.25, 0.3) is 0 Å². The molecule has 0 radical (unpaired) electrons. The zero-order chi connectivity index (χ0) is 14.4. The van der Waals surface area contributed by atoms with Gasteiger partial charge in [0.15, 0.2) is 0 Å². The van der Waals surface area contributed by atoms with E-state index in [9.17, 15) is 4.79 Å². The molecule has 1 aromatic carbocycles. The molecule has 0 bridgehead atoms. The van der Waals surface area contributed by atoms with E-state index in [0.29, 0.717) is 11.5 Å². The van der Waals surface area contributed by atoms with E-state index in [1.807, 2.05) is 6.07 Å². The normalized spacial score (nSPS) is 16.0. The van der Waals surface area contributed by atoms with Gasteiger partial charge < -0.3 is 10.4 Å². The minimum Gasteiger partial charge on any atom is -0.478 e. The first-order valence-electron chi connectivity index (χ1n) is 7.83. The minimum atomic E-state index is -0.853. The van der Waals surface area contributed by atoms with Crippen LogP contribution in [0, 0.1) is 0 Å². The lowest BCUT2D eigenvalue weighted by Gasteiger charge is -2.10. The second-order valence-corrected chi connectivity index (χ2v) is 5.74. The largest absolute Gasteiger partial charge is 0.478 e. The molecule has 0 amide bonds. The number of fused-ring (bicyclic) bond motifs is 1. The molecule has 1 aliphatic rings. The number of anilines is 1. The molecule has 1 aromatic rings. The van der Waals surface area contributed by atoms with Gasteiger partial charge in [-0.2, -0.15) is 0 Å². The van der Waals surface area contributed by atoms with Gasteiger partial charge in [0.05, 0.1) is 5.56 Å². The minimum absolute atomic E-state index is 0. The summed E-state index contributed by atoms with van der Waals surface area (Å²) >= 11 is 0. The van der Waals surface area contributed by atoms with Crippen LogP contribution in [0.2, 0.25) is 0 Å². The molecule has 0 saturated carbocycles. The Labute approximate surface area is 133 Å². The molecular weight excluding hydrogens is 286 g/mol. The molecule has 0 aromatic heterocycles. The van der Waals surface area contributed by atoms with Crippen molar-refractivity contribution in [1.29, 1.82) is 0 Å². The molecule has 0 saturated heterocycles. The standard InChI is InChI=1S/C17H25NO2.ClH/c1-2-3-4-5-6-7-8-14-12-18-16-11-13(17(19)20)9-10-15(14)16;/h9-11,14,18H,2-8,12H2,1H3,(H,19,20);1H/t14-;/m1./s1. The summed E-state index contributed by atoms with van der Waals surface area (Å²) in [4.78, 5) is 11.0. The molecule has 1 atom stereocenters. The Morgan fingerprint density at radius 1 is 1.24 bits per heavy atom. The molecule has 0 spiro atoms. The predicted molar refractivity (Wildman–Crippen MR) is 89.9 cm³/mol. The summed E-state index contributed by atoms with van der Waals surface area (Å²) in [6, 6.07) is 5.47. The first kappa shape index (κ1) is 17.8. The Morgan fingerprint density at radius 3 is 2.67 bits per heavy atom. The quantitative estimate of drug-likeness (QED) is 0.659. The Morgan fingerprint density at radius 2 is 1.95 bits per heavy atom. The van der Waals surface area contributed by atoms with Crippen molar-refractivity contribution in [3.8, 4) is 0 Å². The van der Waals surface area contributed by atoms with E-state index in [-0.39, 0.29) is 12.4 Å². The average molecular weight is 312 g/mol. The van der Waals surface area contributed by atoms with Crippen molar-refractivity contribution in [1.82, 2.24) is 0 Å². The monoisotopic (exact) mass is 311 g/mol. The number of halogens is 1. The predicted octanol–water partition coefficient (Wildman–Crippen LogP) is 5.07. The van der Waals surface area contributed by atoms with Gasteiger partial charge in [-0.3, -0.25) is 0 Å². The number of rotatable bonds is 8. The van der Waals surface area contributed by atoms with Crippen LogP contribution in [-0.4, -0.2) is 17.6 Å². The van der Waals surface area contributed by atoms with Crippen LogP contribution in [0.4, 0.5) is 5.69 Å². The highest BCUT2D eigenvalue weighted by Gasteiger charge is 2.22. The SMILES string of the molecule is CCCCCCCC[C@@H]1CNc2cc(C(=O)O)ccc21.Cl. The molecule has 0 aliphatic carbocycles. The van der Waals surface area contributed by atoms with E-state index >= 15 is 0 Å². The number of hydrogen-bond acceptors (Lipinski definition) is 2. The molecular formula is C17H26ClNO2. The number of aromatic carboxylic acids is 1. The van der Waals surface area contributed by atoms with Crippen molar-refractivity contribution < 1.29 is 9.90 Å². The molecule has 0 fully saturated rings. The van der Waals surface area contributed by atoms with Crippen molar-refractivity contribution in [2.45, 2.75) is 57.8 Å². The number of carboxylic acids is 1. The highest BCUT2D eigenvalue weighted by molar-refractivity contribution is 5.89. The van der Waals surface area contributed by atoms with E-state index in [1.165, 1.54) is 50.5 Å². The molecule has 2 rings (SSSR count).